The fraction of sp³-hybridized carbons (Fsp3) is 0.474. The van der Waals surface area contributed by atoms with E-state index in [9.17, 15) is 14.9 Å². The lowest BCUT2D eigenvalue weighted by Gasteiger charge is -2.30. The number of nitrogens with one attached hydrogen (secondary N) is 2. The van der Waals surface area contributed by atoms with E-state index < -0.39 is 17.6 Å². The van der Waals surface area contributed by atoms with Gasteiger partial charge in [0.1, 0.15) is 11.2 Å². The minimum Gasteiger partial charge on any atom is -0.443 e. The second kappa shape index (κ2) is 7.68. The van der Waals surface area contributed by atoms with Crippen molar-refractivity contribution in [2.75, 3.05) is 0 Å². The first-order chi connectivity index (χ1) is 13.2. The van der Waals surface area contributed by atoms with E-state index in [1.165, 1.54) is 11.2 Å². The topological polar surface area (TPSA) is 111 Å². The number of fused-ring (bicyclic) bond motifs is 1. The zero-order valence-corrected chi connectivity index (χ0v) is 16.7. The third-order valence-electron chi connectivity index (χ3n) is 4.53. The fourth-order valence-electron chi connectivity index (χ4n) is 3.27. The van der Waals surface area contributed by atoms with E-state index >= 15 is 0 Å². The Labute approximate surface area is 167 Å². The van der Waals surface area contributed by atoms with Crippen molar-refractivity contribution in [3.8, 4) is 6.07 Å². The number of aromatic amines is 1. The van der Waals surface area contributed by atoms with E-state index in [2.05, 4.69) is 21.5 Å². The third-order valence-corrected chi connectivity index (χ3v) is 4.94. The first kappa shape index (κ1) is 20.0. The highest BCUT2D eigenvalue weighted by molar-refractivity contribution is 6.38. The van der Waals surface area contributed by atoms with Crippen molar-refractivity contribution in [3.05, 3.63) is 29.0 Å². The van der Waals surface area contributed by atoms with Gasteiger partial charge in [-0.2, -0.15) is 5.26 Å². The Morgan fingerprint density at radius 3 is 2.82 bits per heavy atom. The molecule has 1 aliphatic rings. The van der Waals surface area contributed by atoms with E-state index in [0.717, 1.165) is 0 Å². The highest BCUT2D eigenvalue weighted by Gasteiger charge is 2.35. The van der Waals surface area contributed by atoms with Crippen LogP contribution in [0.4, 0.5) is 4.79 Å². The average molecular weight is 404 g/mol. The number of hydrogen-bond donors (Lipinski definition) is 2. The normalized spacial score (nSPS) is 19.2. The molecular weight excluding hydrogens is 382 g/mol. The van der Waals surface area contributed by atoms with Crippen LogP contribution in [0.1, 0.15) is 50.4 Å². The summed E-state index contributed by atoms with van der Waals surface area (Å²) in [5.74, 6) is -0.656. The van der Waals surface area contributed by atoms with E-state index in [4.69, 9.17) is 16.3 Å². The van der Waals surface area contributed by atoms with Crippen molar-refractivity contribution in [3.63, 3.8) is 0 Å². The van der Waals surface area contributed by atoms with Crippen LogP contribution in [0.5, 0.6) is 0 Å². The maximum absolute atomic E-state index is 13.3. The quantitative estimate of drug-likeness (QED) is 0.741. The summed E-state index contributed by atoms with van der Waals surface area (Å²) >= 11 is 6.42. The number of amides is 2. The molecule has 9 heteroatoms. The van der Waals surface area contributed by atoms with E-state index in [-0.39, 0.29) is 22.5 Å². The summed E-state index contributed by atoms with van der Waals surface area (Å²) in [6.45, 7) is 5.21. The van der Waals surface area contributed by atoms with Crippen molar-refractivity contribution in [2.45, 2.75) is 51.7 Å². The predicted molar refractivity (Wildman–Crippen MR) is 103 cm³/mol. The number of nitrogens with zero attached hydrogens (tertiary/aromatic N) is 3. The summed E-state index contributed by atoms with van der Waals surface area (Å²) < 4.78 is 5.29. The van der Waals surface area contributed by atoms with Gasteiger partial charge in [0.2, 0.25) is 0 Å². The molecule has 2 amide bonds. The summed E-state index contributed by atoms with van der Waals surface area (Å²) in [7, 11) is 0. The zero-order valence-electron chi connectivity index (χ0n) is 16.0. The maximum Gasteiger partial charge on any atom is 0.426 e. The Bertz CT molecular complexity index is 943. The van der Waals surface area contributed by atoms with Gasteiger partial charge >= 0.3 is 6.09 Å². The molecular formula is C19H22ClN5O3. The second-order valence-electron chi connectivity index (χ2n) is 7.81. The summed E-state index contributed by atoms with van der Waals surface area (Å²) in [6.07, 6.45) is 4.04. The number of ether oxygens (including phenoxy) is 1. The lowest BCUT2D eigenvalue weighted by molar-refractivity contribution is 0.0217. The smallest absolute Gasteiger partial charge is 0.426 e. The van der Waals surface area contributed by atoms with Crippen LogP contribution in [0.25, 0.3) is 11.0 Å². The Morgan fingerprint density at radius 1 is 1.43 bits per heavy atom. The molecule has 1 saturated carbocycles. The van der Waals surface area contributed by atoms with Gasteiger partial charge in [0.15, 0.2) is 0 Å². The molecule has 2 unspecified atom stereocenters. The van der Waals surface area contributed by atoms with Gasteiger partial charge < -0.3 is 9.72 Å². The van der Waals surface area contributed by atoms with Crippen LogP contribution in [-0.2, 0) is 4.74 Å². The highest BCUT2D eigenvalue weighted by Crippen LogP contribution is 2.31. The first-order valence-electron chi connectivity index (χ1n) is 9.04. The van der Waals surface area contributed by atoms with Gasteiger partial charge in [0, 0.05) is 23.7 Å². The molecule has 2 heterocycles. The molecule has 0 bridgehead atoms. The molecule has 1 fully saturated rings. The maximum atomic E-state index is 13.3. The lowest BCUT2D eigenvalue weighted by Crippen LogP contribution is -2.52. The zero-order chi connectivity index (χ0) is 20.5. The predicted octanol–water partition coefficient (Wildman–Crippen LogP) is 3.79. The average Bonchev–Trinajstić information content (AvgIpc) is 3.27. The van der Waals surface area contributed by atoms with E-state index in [1.54, 1.807) is 33.0 Å². The Hall–Kier alpha value is -2.79. The van der Waals surface area contributed by atoms with Crippen molar-refractivity contribution >= 4 is 34.6 Å². The summed E-state index contributed by atoms with van der Waals surface area (Å²) in [6, 6.07) is 3.63. The number of rotatable bonds is 2. The molecule has 148 valence electrons. The molecule has 1 aliphatic carbocycles. The van der Waals surface area contributed by atoms with Gasteiger partial charge in [0.25, 0.3) is 5.91 Å². The van der Waals surface area contributed by atoms with Gasteiger partial charge in [-0.15, -0.1) is 0 Å². The van der Waals surface area contributed by atoms with Gasteiger partial charge in [-0.25, -0.2) is 20.2 Å². The van der Waals surface area contributed by atoms with Gasteiger partial charge in [-0.3, -0.25) is 4.79 Å². The summed E-state index contributed by atoms with van der Waals surface area (Å²) in [5, 5.41) is 11.3. The van der Waals surface area contributed by atoms with Gasteiger partial charge in [-0.1, -0.05) is 11.6 Å². The molecule has 2 atom stereocenters. The molecule has 0 saturated heterocycles. The van der Waals surface area contributed by atoms with E-state index in [0.29, 0.717) is 30.3 Å². The molecule has 0 spiro atoms. The largest absolute Gasteiger partial charge is 0.443 e. The second-order valence-corrected chi connectivity index (χ2v) is 8.19. The molecule has 2 N–H and O–H groups in total. The van der Waals surface area contributed by atoms with Gasteiger partial charge in [-0.05, 0) is 46.1 Å². The first-order valence-corrected chi connectivity index (χ1v) is 9.42. The Kier molecular flexibility index (Phi) is 5.47. The van der Waals surface area contributed by atoms with Crippen molar-refractivity contribution in [1.29, 1.82) is 5.26 Å². The molecule has 0 aliphatic heterocycles. The molecule has 0 radical (unpaired) electrons. The number of pyridine rings is 1. The number of carbonyl (C=O) groups is 2. The van der Waals surface area contributed by atoms with Crippen LogP contribution in [0, 0.1) is 17.2 Å². The number of hydrazine groups is 1. The number of aromatic nitrogens is 2. The van der Waals surface area contributed by atoms with Gasteiger partial charge in [0.05, 0.1) is 22.7 Å². The van der Waals surface area contributed by atoms with Crippen LogP contribution in [0.2, 0.25) is 5.02 Å². The number of hydrogen-bond acceptors (Lipinski definition) is 5. The minimum absolute atomic E-state index is 0.165. The van der Waals surface area contributed by atoms with Crippen LogP contribution >= 0.6 is 11.6 Å². The van der Waals surface area contributed by atoms with Crippen molar-refractivity contribution in [2.24, 2.45) is 5.92 Å². The minimum atomic E-state index is -0.743. The molecule has 2 aromatic rings. The summed E-state index contributed by atoms with van der Waals surface area (Å²) in [5.41, 5.74) is 2.57. The van der Waals surface area contributed by atoms with Crippen LogP contribution in [0.15, 0.2) is 18.5 Å². The van der Waals surface area contributed by atoms with Crippen LogP contribution < -0.4 is 5.43 Å². The SMILES string of the molecule is CC(C)(C)OC(=O)NN(C(=O)c1cnc2[nH]ccc2c1Cl)C1CCC(C#N)C1. The third kappa shape index (κ3) is 4.20. The number of H-pyrrole nitrogens is 1. The molecule has 28 heavy (non-hydrogen) atoms. The van der Waals surface area contributed by atoms with Crippen molar-refractivity contribution in [1.82, 2.24) is 20.4 Å². The van der Waals surface area contributed by atoms with Crippen LogP contribution in [-0.4, -0.2) is 38.6 Å². The summed E-state index contributed by atoms with van der Waals surface area (Å²) in [4.78, 5) is 32.7. The molecule has 0 aromatic carbocycles. The highest BCUT2D eigenvalue weighted by atomic mass is 35.5. The molecule has 8 nitrogen and oxygen atoms in total. The lowest BCUT2D eigenvalue weighted by atomic mass is 10.1. The van der Waals surface area contributed by atoms with E-state index in [1.807, 2.05) is 0 Å². The Balaban J connectivity index is 1.90. The number of halogens is 1. The number of carbonyl (C=O) groups excluding carboxylic acids is 2. The monoisotopic (exact) mass is 403 g/mol. The number of nitriles is 1. The standard InChI is InChI=1S/C19H22ClN5O3/c1-19(2,3)28-18(27)24-25(12-5-4-11(8-12)9-21)17(26)14-10-23-16-13(15(14)20)6-7-22-16/h6-7,10-12H,4-5,8H2,1-3H3,(H,22,23)(H,24,27). The van der Waals surface area contributed by atoms with Crippen LogP contribution in [0.3, 0.4) is 0 Å². The Morgan fingerprint density at radius 2 is 2.18 bits per heavy atom. The molecule has 3 rings (SSSR count). The van der Waals surface area contributed by atoms with Crippen molar-refractivity contribution < 1.29 is 14.3 Å². The molecule has 2 aromatic heterocycles. The fourth-order valence-corrected chi connectivity index (χ4v) is 3.55.